The van der Waals surface area contributed by atoms with Crippen LogP contribution in [0.15, 0.2) is 158 Å². The van der Waals surface area contributed by atoms with E-state index in [0.29, 0.717) is 11.1 Å². The van der Waals surface area contributed by atoms with Crippen molar-refractivity contribution in [2.24, 2.45) is 0 Å². The van der Waals surface area contributed by atoms with Gasteiger partial charge in [-0.2, -0.15) is 10.5 Å². The van der Waals surface area contributed by atoms with Crippen LogP contribution in [-0.2, 0) is 0 Å². The van der Waals surface area contributed by atoms with E-state index < -0.39 is 0 Å². The molecule has 9 rings (SSSR count). The lowest BCUT2D eigenvalue weighted by Crippen LogP contribution is -1.98. The van der Waals surface area contributed by atoms with Gasteiger partial charge in [0, 0.05) is 32.8 Å². The molecule has 48 heavy (non-hydrogen) atoms. The molecule has 222 valence electrons. The average molecular weight is 611 g/mol. The third-order valence-electron chi connectivity index (χ3n) is 9.39. The van der Waals surface area contributed by atoms with E-state index in [1.54, 1.807) is 0 Å². The number of rotatable bonds is 4. The molecular formula is C44H26N4. The Morgan fingerprint density at radius 2 is 0.979 bits per heavy atom. The summed E-state index contributed by atoms with van der Waals surface area (Å²) in [6.07, 6.45) is 0. The van der Waals surface area contributed by atoms with Gasteiger partial charge in [0.1, 0.15) is 0 Å². The maximum atomic E-state index is 10.4. The van der Waals surface area contributed by atoms with Crippen molar-refractivity contribution in [1.29, 1.82) is 10.5 Å². The summed E-state index contributed by atoms with van der Waals surface area (Å²) in [6.45, 7) is 0. The molecule has 0 N–H and O–H groups in total. The Labute approximate surface area is 277 Å². The minimum absolute atomic E-state index is 0.617. The van der Waals surface area contributed by atoms with Crippen molar-refractivity contribution in [1.82, 2.24) is 9.13 Å². The Morgan fingerprint density at radius 3 is 1.65 bits per heavy atom. The molecule has 0 saturated heterocycles. The maximum absolute atomic E-state index is 10.4. The monoisotopic (exact) mass is 610 g/mol. The lowest BCUT2D eigenvalue weighted by molar-refractivity contribution is 1.18. The van der Waals surface area contributed by atoms with Gasteiger partial charge in [0.05, 0.1) is 51.0 Å². The van der Waals surface area contributed by atoms with Crippen LogP contribution in [0.1, 0.15) is 11.1 Å². The Balaban J connectivity index is 1.20. The molecule has 0 saturated carbocycles. The zero-order valence-electron chi connectivity index (χ0n) is 25.8. The van der Waals surface area contributed by atoms with E-state index in [0.717, 1.165) is 66.5 Å². The van der Waals surface area contributed by atoms with Gasteiger partial charge in [-0.15, -0.1) is 0 Å². The molecule has 7 aromatic carbocycles. The molecule has 0 aliphatic rings. The summed E-state index contributed by atoms with van der Waals surface area (Å²) in [4.78, 5) is 0. The van der Waals surface area contributed by atoms with Crippen molar-refractivity contribution in [2.75, 3.05) is 0 Å². The zero-order valence-corrected chi connectivity index (χ0v) is 25.8. The van der Waals surface area contributed by atoms with Gasteiger partial charge in [0.2, 0.25) is 0 Å². The molecule has 0 fully saturated rings. The fourth-order valence-electron chi connectivity index (χ4n) is 7.28. The van der Waals surface area contributed by atoms with Crippen molar-refractivity contribution in [2.45, 2.75) is 0 Å². The Kier molecular flexibility index (Phi) is 6.22. The second-order valence-corrected chi connectivity index (χ2v) is 12.0. The smallest absolute Gasteiger partial charge is 0.0998 e. The lowest BCUT2D eigenvalue weighted by atomic mass is 9.95. The largest absolute Gasteiger partial charge is 0.309 e. The van der Waals surface area contributed by atoms with E-state index in [4.69, 9.17) is 0 Å². The minimum Gasteiger partial charge on any atom is -0.309 e. The normalized spacial score (nSPS) is 11.3. The summed E-state index contributed by atoms with van der Waals surface area (Å²) in [5, 5.41) is 24.8. The van der Waals surface area contributed by atoms with Crippen molar-refractivity contribution in [3.05, 3.63) is 169 Å². The van der Waals surface area contributed by atoms with E-state index in [9.17, 15) is 10.5 Å². The molecule has 0 atom stereocenters. The molecule has 0 aliphatic carbocycles. The predicted octanol–water partition coefficient (Wildman–Crippen LogP) is 11.0. The van der Waals surface area contributed by atoms with Gasteiger partial charge in [-0.05, 0) is 71.3 Å². The van der Waals surface area contributed by atoms with Crippen LogP contribution < -0.4 is 0 Å². The molecule has 0 aliphatic heterocycles. The van der Waals surface area contributed by atoms with Crippen molar-refractivity contribution in [3.8, 4) is 45.8 Å². The summed E-state index contributed by atoms with van der Waals surface area (Å²) < 4.78 is 4.50. The van der Waals surface area contributed by atoms with Crippen LogP contribution in [0, 0.1) is 22.7 Å². The van der Waals surface area contributed by atoms with E-state index >= 15 is 0 Å². The highest BCUT2D eigenvalue weighted by Crippen LogP contribution is 2.38. The van der Waals surface area contributed by atoms with Crippen LogP contribution in [0.5, 0.6) is 0 Å². The van der Waals surface area contributed by atoms with Gasteiger partial charge in [-0.1, -0.05) is 103 Å². The molecule has 4 heteroatoms. The van der Waals surface area contributed by atoms with E-state index in [1.807, 2.05) is 24.3 Å². The van der Waals surface area contributed by atoms with Crippen LogP contribution in [-0.4, -0.2) is 9.13 Å². The van der Waals surface area contributed by atoms with Crippen LogP contribution in [0.2, 0.25) is 0 Å². The molecule has 2 aromatic heterocycles. The lowest BCUT2D eigenvalue weighted by Gasteiger charge is -2.15. The highest BCUT2D eigenvalue weighted by atomic mass is 15.0. The summed E-state index contributed by atoms with van der Waals surface area (Å²) in [7, 11) is 0. The SMILES string of the molecule is N#Cc1ccc2c3ccccc3n(-c3ccccc3-c3cccc(-c4ccc(-n5c6ccccc6c6ccccc65)cc4C#N)c3)c2c1. The topological polar surface area (TPSA) is 57.4 Å². The van der Waals surface area contributed by atoms with Crippen molar-refractivity contribution in [3.63, 3.8) is 0 Å². The Bertz CT molecular complexity index is 2760. The first-order valence-corrected chi connectivity index (χ1v) is 15.9. The fraction of sp³-hybridized carbons (Fsp3) is 0. The van der Waals surface area contributed by atoms with Crippen LogP contribution >= 0.6 is 0 Å². The van der Waals surface area contributed by atoms with Gasteiger partial charge in [0.15, 0.2) is 0 Å². The average Bonchev–Trinajstić information content (AvgIpc) is 3.67. The number of aromatic nitrogens is 2. The van der Waals surface area contributed by atoms with Gasteiger partial charge >= 0.3 is 0 Å². The maximum Gasteiger partial charge on any atom is 0.0998 e. The summed E-state index contributed by atoms with van der Waals surface area (Å²) in [6, 6.07) is 58.9. The number of fused-ring (bicyclic) bond motifs is 6. The molecule has 9 aromatic rings. The summed E-state index contributed by atoms with van der Waals surface area (Å²) >= 11 is 0. The molecule has 2 heterocycles. The standard InChI is InChI=1S/C44H26N4/c45-27-29-20-22-39-38-15-4-8-19-43(38)48(44(39)24-29)40-16-5-1-12-35(40)31-11-9-10-30(25-31)34-23-21-33(26-32(34)28-46)47-41-17-6-2-13-36(41)37-14-3-7-18-42(37)47/h1-26H. The van der Waals surface area contributed by atoms with Gasteiger partial charge in [-0.25, -0.2) is 0 Å². The van der Waals surface area contributed by atoms with Gasteiger partial charge < -0.3 is 9.13 Å². The predicted molar refractivity (Wildman–Crippen MR) is 195 cm³/mol. The van der Waals surface area contributed by atoms with E-state index in [2.05, 4.69) is 155 Å². The number of para-hydroxylation sites is 4. The highest BCUT2D eigenvalue weighted by molar-refractivity contribution is 6.10. The third-order valence-corrected chi connectivity index (χ3v) is 9.39. The van der Waals surface area contributed by atoms with E-state index in [1.165, 1.54) is 10.8 Å². The third kappa shape index (κ3) is 4.14. The van der Waals surface area contributed by atoms with Crippen LogP contribution in [0.25, 0.3) is 77.2 Å². The van der Waals surface area contributed by atoms with Crippen molar-refractivity contribution >= 4 is 43.6 Å². The second kappa shape index (κ2) is 10.9. The molecule has 0 radical (unpaired) electrons. The summed E-state index contributed by atoms with van der Waals surface area (Å²) in [5.74, 6) is 0. The first kappa shape index (κ1) is 27.4. The number of hydrogen-bond donors (Lipinski definition) is 0. The zero-order chi connectivity index (χ0) is 32.2. The number of hydrogen-bond acceptors (Lipinski definition) is 2. The summed E-state index contributed by atoms with van der Waals surface area (Å²) in [5.41, 5.74) is 11.5. The van der Waals surface area contributed by atoms with Crippen molar-refractivity contribution < 1.29 is 0 Å². The highest BCUT2D eigenvalue weighted by Gasteiger charge is 2.18. The second-order valence-electron chi connectivity index (χ2n) is 12.0. The molecule has 0 unspecified atom stereocenters. The first-order chi connectivity index (χ1) is 23.7. The Morgan fingerprint density at radius 1 is 0.396 bits per heavy atom. The minimum atomic E-state index is 0.617. The first-order valence-electron chi connectivity index (χ1n) is 15.9. The number of benzene rings is 7. The molecular weight excluding hydrogens is 585 g/mol. The fourth-order valence-corrected chi connectivity index (χ4v) is 7.28. The Hall–Kier alpha value is -6.88. The molecule has 0 bridgehead atoms. The van der Waals surface area contributed by atoms with Crippen LogP contribution in [0.3, 0.4) is 0 Å². The molecule has 0 spiro atoms. The van der Waals surface area contributed by atoms with Gasteiger partial charge in [0.25, 0.3) is 0 Å². The quantitative estimate of drug-likeness (QED) is 0.199. The van der Waals surface area contributed by atoms with Gasteiger partial charge in [-0.3, -0.25) is 0 Å². The molecule has 4 nitrogen and oxygen atoms in total. The number of nitrogens with zero attached hydrogens (tertiary/aromatic N) is 4. The molecule has 0 amide bonds. The van der Waals surface area contributed by atoms with Crippen LogP contribution in [0.4, 0.5) is 0 Å². The van der Waals surface area contributed by atoms with E-state index in [-0.39, 0.29) is 0 Å². The number of nitriles is 2.